The molecule has 6 heteroatoms. The highest BCUT2D eigenvalue weighted by molar-refractivity contribution is 5.96. The number of rotatable bonds is 10. The molecule has 4 nitrogen and oxygen atoms in total. The van der Waals surface area contributed by atoms with E-state index in [1.807, 2.05) is 6.08 Å². The van der Waals surface area contributed by atoms with Crippen LogP contribution >= 0.6 is 0 Å². The first kappa shape index (κ1) is 18.8. The number of carbonyl (C=O) groups excluding carboxylic acids is 1. The van der Waals surface area contributed by atoms with Crippen molar-refractivity contribution in [1.29, 1.82) is 0 Å². The molecule has 1 aromatic carbocycles. The fraction of sp³-hybridized carbons (Fsp3) is 0.412. The molecule has 0 saturated heterocycles. The van der Waals surface area contributed by atoms with Crippen molar-refractivity contribution >= 4 is 11.9 Å². The minimum absolute atomic E-state index is 0.262. The van der Waals surface area contributed by atoms with Crippen molar-refractivity contribution in [2.45, 2.75) is 44.6 Å². The molecule has 1 aromatic rings. The van der Waals surface area contributed by atoms with E-state index in [2.05, 4.69) is 11.9 Å². The molecule has 0 radical (unpaired) electrons. The standard InChI is InChI=1S/C17H21F2NO3/c1-2-3-4-5-6-7-8-15(17(22)23)20-16(21)13-10-9-12(18)11-14(13)19/h2,9-11,15H,1,3-8H2,(H,20,21)(H,22,23)/t15-/m1/s1. The molecule has 23 heavy (non-hydrogen) atoms. The van der Waals surface area contributed by atoms with E-state index in [4.69, 9.17) is 5.11 Å². The van der Waals surface area contributed by atoms with Gasteiger partial charge in [-0.2, -0.15) is 0 Å². The Balaban J connectivity index is 2.53. The number of carboxylic acids is 1. The fourth-order valence-electron chi connectivity index (χ4n) is 2.16. The van der Waals surface area contributed by atoms with Crippen LogP contribution in [0.4, 0.5) is 8.78 Å². The zero-order valence-electron chi connectivity index (χ0n) is 12.9. The van der Waals surface area contributed by atoms with Gasteiger partial charge in [-0.1, -0.05) is 25.3 Å². The van der Waals surface area contributed by atoms with Crippen molar-refractivity contribution in [3.63, 3.8) is 0 Å². The molecule has 0 aliphatic heterocycles. The van der Waals surface area contributed by atoms with Crippen molar-refractivity contribution in [3.05, 3.63) is 48.1 Å². The Morgan fingerprint density at radius 3 is 2.52 bits per heavy atom. The second-order valence-electron chi connectivity index (χ2n) is 5.27. The Hall–Kier alpha value is -2.24. The highest BCUT2D eigenvalue weighted by Gasteiger charge is 2.22. The van der Waals surface area contributed by atoms with Gasteiger partial charge in [0.1, 0.15) is 17.7 Å². The highest BCUT2D eigenvalue weighted by Crippen LogP contribution is 2.12. The largest absolute Gasteiger partial charge is 0.480 e. The van der Waals surface area contributed by atoms with E-state index in [-0.39, 0.29) is 12.0 Å². The molecule has 0 aromatic heterocycles. The zero-order valence-corrected chi connectivity index (χ0v) is 12.9. The van der Waals surface area contributed by atoms with Crippen LogP contribution in [0, 0.1) is 11.6 Å². The van der Waals surface area contributed by atoms with E-state index in [9.17, 15) is 18.4 Å². The van der Waals surface area contributed by atoms with Gasteiger partial charge in [0.05, 0.1) is 5.56 Å². The lowest BCUT2D eigenvalue weighted by Gasteiger charge is -2.14. The summed E-state index contributed by atoms with van der Waals surface area (Å²) in [4.78, 5) is 23.1. The summed E-state index contributed by atoms with van der Waals surface area (Å²) < 4.78 is 26.3. The molecule has 1 atom stereocenters. The molecule has 0 heterocycles. The molecule has 1 amide bonds. The smallest absolute Gasteiger partial charge is 0.326 e. The second-order valence-corrected chi connectivity index (χ2v) is 5.27. The lowest BCUT2D eigenvalue weighted by atomic mass is 10.1. The van der Waals surface area contributed by atoms with E-state index in [0.29, 0.717) is 12.5 Å². The van der Waals surface area contributed by atoms with E-state index >= 15 is 0 Å². The predicted molar refractivity (Wildman–Crippen MR) is 83.1 cm³/mol. The summed E-state index contributed by atoms with van der Waals surface area (Å²) in [6.07, 6.45) is 6.45. The van der Waals surface area contributed by atoms with Crippen LogP contribution in [-0.2, 0) is 4.79 Å². The number of halogens is 2. The average molecular weight is 325 g/mol. The Morgan fingerprint density at radius 1 is 1.22 bits per heavy atom. The van der Waals surface area contributed by atoms with E-state index in [1.54, 1.807) is 0 Å². The molecule has 126 valence electrons. The Bertz CT molecular complexity index is 561. The fourth-order valence-corrected chi connectivity index (χ4v) is 2.16. The molecule has 0 saturated carbocycles. The van der Waals surface area contributed by atoms with Crippen LogP contribution < -0.4 is 5.32 Å². The van der Waals surface area contributed by atoms with E-state index in [1.165, 1.54) is 0 Å². The zero-order chi connectivity index (χ0) is 17.2. The number of benzene rings is 1. The number of carbonyl (C=O) groups is 2. The average Bonchev–Trinajstić information content (AvgIpc) is 2.49. The third-order valence-electron chi connectivity index (χ3n) is 3.43. The quantitative estimate of drug-likeness (QED) is 0.509. The maximum atomic E-state index is 13.5. The number of hydrogen-bond donors (Lipinski definition) is 2. The number of aliphatic carboxylic acids is 1. The SMILES string of the molecule is C=CCCCCCC[C@@H](NC(=O)c1ccc(F)cc1F)C(=O)O. The topological polar surface area (TPSA) is 66.4 Å². The van der Waals surface area contributed by atoms with Crippen molar-refractivity contribution < 1.29 is 23.5 Å². The van der Waals surface area contributed by atoms with Crippen LogP contribution in [0.2, 0.25) is 0 Å². The van der Waals surface area contributed by atoms with Crippen LogP contribution in [0.1, 0.15) is 48.9 Å². The number of carboxylic acid groups (broad SMARTS) is 1. The molecule has 0 fully saturated rings. The number of unbranched alkanes of at least 4 members (excludes halogenated alkanes) is 4. The maximum absolute atomic E-state index is 13.5. The lowest BCUT2D eigenvalue weighted by Crippen LogP contribution is -2.41. The summed E-state index contributed by atoms with van der Waals surface area (Å²) in [5.41, 5.74) is -0.372. The van der Waals surface area contributed by atoms with Gasteiger partial charge in [-0.15, -0.1) is 6.58 Å². The Labute approximate surface area is 134 Å². The minimum Gasteiger partial charge on any atom is -0.480 e. The van der Waals surface area contributed by atoms with Crippen molar-refractivity contribution in [1.82, 2.24) is 5.32 Å². The van der Waals surface area contributed by atoms with Crippen molar-refractivity contribution in [3.8, 4) is 0 Å². The summed E-state index contributed by atoms with van der Waals surface area (Å²) >= 11 is 0. The third-order valence-corrected chi connectivity index (χ3v) is 3.43. The van der Waals surface area contributed by atoms with Gasteiger partial charge in [0.25, 0.3) is 5.91 Å². The summed E-state index contributed by atoms with van der Waals surface area (Å²) in [5.74, 6) is -3.85. The summed E-state index contributed by atoms with van der Waals surface area (Å²) in [7, 11) is 0. The third kappa shape index (κ3) is 6.59. The molecule has 0 aliphatic carbocycles. The summed E-state index contributed by atoms with van der Waals surface area (Å²) in [6.45, 7) is 3.62. The van der Waals surface area contributed by atoms with E-state index < -0.39 is 29.6 Å². The molecule has 1 rings (SSSR count). The van der Waals surface area contributed by atoms with Gasteiger partial charge >= 0.3 is 5.97 Å². The van der Waals surface area contributed by atoms with Gasteiger partial charge in [0, 0.05) is 6.07 Å². The first-order valence-corrected chi connectivity index (χ1v) is 7.55. The monoisotopic (exact) mass is 325 g/mol. The normalized spacial score (nSPS) is 11.7. The predicted octanol–water partition coefficient (Wildman–Crippen LogP) is 3.67. The molecule has 2 N–H and O–H groups in total. The Morgan fingerprint density at radius 2 is 1.91 bits per heavy atom. The molecular weight excluding hydrogens is 304 g/mol. The molecule has 0 spiro atoms. The Kier molecular flexibility index (Phi) is 7.94. The maximum Gasteiger partial charge on any atom is 0.326 e. The van der Waals surface area contributed by atoms with Crippen LogP contribution in [0.25, 0.3) is 0 Å². The minimum atomic E-state index is -1.17. The van der Waals surface area contributed by atoms with Crippen molar-refractivity contribution in [2.24, 2.45) is 0 Å². The van der Waals surface area contributed by atoms with Crippen LogP contribution in [0.15, 0.2) is 30.9 Å². The molecule has 0 bridgehead atoms. The van der Waals surface area contributed by atoms with Crippen LogP contribution in [0.3, 0.4) is 0 Å². The first-order chi connectivity index (χ1) is 11.0. The summed E-state index contributed by atoms with van der Waals surface area (Å²) in [5, 5.41) is 11.4. The molecule has 0 aliphatic rings. The van der Waals surface area contributed by atoms with Gasteiger partial charge < -0.3 is 10.4 Å². The van der Waals surface area contributed by atoms with Crippen molar-refractivity contribution in [2.75, 3.05) is 0 Å². The number of nitrogens with one attached hydrogen (secondary N) is 1. The number of hydrogen-bond acceptors (Lipinski definition) is 2. The van der Waals surface area contributed by atoms with Gasteiger partial charge in [-0.05, 0) is 31.4 Å². The second kappa shape index (κ2) is 9.71. The number of amides is 1. The molecule has 0 unspecified atom stereocenters. The van der Waals surface area contributed by atoms with Gasteiger partial charge in [0.15, 0.2) is 0 Å². The summed E-state index contributed by atoms with van der Waals surface area (Å²) in [6, 6.07) is 1.44. The lowest BCUT2D eigenvalue weighted by molar-refractivity contribution is -0.139. The molecular formula is C17H21F2NO3. The van der Waals surface area contributed by atoms with Gasteiger partial charge in [-0.3, -0.25) is 4.79 Å². The number of allylic oxidation sites excluding steroid dienone is 1. The van der Waals surface area contributed by atoms with Gasteiger partial charge in [-0.25, -0.2) is 13.6 Å². The highest BCUT2D eigenvalue weighted by atomic mass is 19.1. The van der Waals surface area contributed by atoms with Crippen LogP contribution in [-0.4, -0.2) is 23.0 Å². The van der Waals surface area contributed by atoms with Crippen LogP contribution in [0.5, 0.6) is 0 Å². The first-order valence-electron chi connectivity index (χ1n) is 7.55. The van der Waals surface area contributed by atoms with Gasteiger partial charge in [0.2, 0.25) is 0 Å². The van der Waals surface area contributed by atoms with E-state index in [0.717, 1.165) is 37.8 Å².